The van der Waals surface area contributed by atoms with E-state index in [1.165, 1.54) is 26.6 Å². The lowest BCUT2D eigenvalue weighted by molar-refractivity contribution is -0.148. The summed E-state index contributed by atoms with van der Waals surface area (Å²) >= 11 is 0. The van der Waals surface area contributed by atoms with Crippen molar-refractivity contribution in [1.29, 1.82) is 0 Å². The second kappa shape index (κ2) is 8.14. The molecule has 1 rings (SSSR count). The number of methoxy groups -OCH3 is 1. The Labute approximate surface area is 130 Å². The predicted octanol–water partition coefficient (Wildman–Crippen LogP) is 2.82. The summed E-state index contributed by atoms with van der Waals surface area (Å²) in [6.07, 6.45) is 5.37. The number of nitrogens with one attached hydrogen (secondary N) is 1. The molecule has 124 valence electrons. The Morgan fingerprint density at radius 1 is 1.38 bits per heavy atom. The summed E-state index contributed by atoms with van der Waals surface area (Å²) in [5, 5.41) is 3.35. The van der Waals surface area contributed by atoms with E-state index in [0.717, 1.165) is 38.8 Å². The highest BCUT2D eigenvalue weighted by molar-refractivity contribution is 5.80. The van der Waals surface area contributed by atoms with Crippen LogP contribution < -0.4 is 5.32 Å². The SMILES string of the molecule is CCCNC(C)(CCCCN1CCC(C)(C)C1)C(=O)OC. The fraction of sp³-hybridized carbons (Fsp3) is 0.941. The third-order valence-electron chi connectivity index (χ3n) is 4.56. The molecular weight excluding hydrogens is 264 g/mol. The summed E-state index contributed by atoms with van der Waals surface area (Å²) in [6.45, 7) is 13.2. The molecule has 21 heavy (non-hydrogen) atoms. The van der Waals surface area contributed by atoms with Crippen molar-refractivity contribution in [2.45, 2.75) is 65.3 Å². The highest BCUT2D eigenvalue weighted by Crippen LogP contribution is 2.29. The van der Waals surface area contributed by atoms with E-state index in [-0.39, 0.29) is 5.97 Å². The lowest BCUT2D eigenvalue weighted by Gasteiger charge is -2.28. The molecule has 0 aliphatic carbocycles. The highest BCUT2D eigenvalue weighted by atomic mass is 16.5. The molecule has 1 aliphatic heterocycles. The third-order valence-corrected chi connectivity index (χ3v) is 4.56. The number of rotatable bonds is 9. The second-order valence-electron chi connectivity index (χ2n) is 7.40. The first kappa shape index (κ1) is 18.4. The monoisotopic (exact) mass is 298 g/mol. The van der Waals surface area contributed by atoms with Crippen LogP contribution in [0.3, 0.4) is 0 Å². The first-order valence-corrected chi connectivity index (χ1v) is 8.39. The summed E-state index contributed by atoms with van der Waals surface area (Å²) in [7, 11) is 1.47. The molecule has 1 unspecified atom stereocenters. The van der Waals surface area contributed by atoms with E-state index in [9.17, 15) is 4.79 Å². The van der Waals surface area contributed by atoms with E-state index in [1.54, 1.807) is 0 Å². The molecule has 1 atom stereocenters. The van der Waals surface area contributed by atoms with Gasteiger partial charge in [-0.15, -0.1) is 0 Å². The van der Waals surface area contributed by atoms with Gasteiger partial charge in [-0.2, -0.15) is 0 Å². The number of unbranched alkanes of at least 4 members (excludes halogenated alkanes) is 1. The Balaban J connectivity index is 2.32. The summed E-state index contributed by atoms with van der Waals surface area (Å²) in [6, 6.07) is 0. The Morgan fingerprint density at radius 3 is 2.62 bits per heavy atom. The molecule has 0 aromatic carbocycles. The molecule has 1 heterocycles. The number of nitrogens with zero attached hydrogens (tertiary/aromatic N) is 1. The van der Waals surface area contributed by atoms with Gasteiger partial charge in [-0.05, 0) is 64.1 Å². The predicted molar refractivity (Wildman–Crippen MR) is 87.4 cm³/mol. The van der Waals surface area contributed by atoms with E-state index in [1.807, 2.05) is 6.92 Å². The van der Waals surface area contributed by atoms with Gasteiger partial charge in [0.2, 0.25) is 0 Å². The molecule has 4 nitrogen and oxygen atoms in total. The van der Waals surface area contributed by atoms with Gasteiger partial charge in [0.25, 0.3) is 0 Å². The Bertz CT molecular complexity index is 331. The van der Waals surface area contributed by atoms with Crippen molar-refractivity contribution >= 4 is 5.97 Å². The molecule has 4 heteroatoms. The molecule has 0 bridgehead atoms. The summed E-state index contributed by atoms with van der Waals surface area (Å²) < 4.78 is 4.96. The van der Waals surface area contributed by atoms with Crippen molar-refractivity contribution in [2.75, 3.05) is 33.3 Å². The van der Waals surface area contributed by atoms with E-state index in [0.29, 0.717) is 5.41 Å². The number of likely N-dealkylation sites (tertiary alicyclic amines) is 1. The van der Waals surface area contributed by atoms with Crippen molar-refractivity contribution in [3.8, 4) is 0 Å². The molecule has 1 N–H and O–H groups in total. The van der Waals surface area contributed by atoms with Crippen LogP contribution in [0.5, 0.6) is 0 Å². The van der Waals surface area contributed by atoms with Gasteiger partial charge in [0.1, 0.15) is 5.54 Å². The average molecular weight is 298 g/mol. The first-order chi connectivity index (χ1) is 9.83. The largest absolute Gasteiger partial charge is 0.468 e. The molecule has 0 amide bonds. The molecule has 1 fully saturated rings. The smallest absolute Gasteiger partial charge is 0.325 e. The number of carbonyl (C=O) groups is 1. The molecule has 0 aromatic rings. The number of carbonyl (C=O) groups excluding carboxylic acids is 1. The Kier molecular flexibility index (Phi) is 7.14. The zero-order valence-electron chi connectivity index (χ0n) is 14.6. The minimum Gasteiger partial charge on any atom is -0.468 e. The standard InChI is InChI=1S/C17H34N2O2/c1-6-11-18-17(4,15(20)21-5)9-7-8-12-19-13-10-16(2,3)14-19/h18H,6-14H2,1-5H3. The number of hydrogen-bond acceptors (Lipinski definition) is 4. The van der Waals surface area contributed by atoms with Crippen LogP contribution in [0.25, 0.3) is 0 Å². The number of hydrogen-bond donors (Lipinski definition) is 1. The Morgan fingerprint density at radius 2 is 2.10 bits per heavy atom. The van der Waals surface area contributed by atoms with Crippen LogP contribution in [-0.2, 0) is 9.53 Å². The summed E-state index contributed by atoms with van der Waals surface area (Å²) in [4.78, 5) is 14.5. The molecule has 0 saturated carbocycles. The second-order valence-corrected chi connectivity index (χ2v) is 7.40. The van der Waals surface area contributed by atoms with E-state index < -0.39 is 5.54 Å². The number of esters is 1. The summed E-state index contributed by atoms with van der Waals surface area (Å²) in [5.74, 6) is -0.141. The van der Waals surface area contributed by atoms with Crippen LogP contribution in [0.2, 0.25) is 0 Å². The Hall–Kier alpha value is -0.610. The van der Waals surface area contributed by atoms with Gasteiger partial charge in [0, 0.05) is 6.54 Å². The molecular formula is C17H34N2O2. The molecule has 0 spiro atoms. The van der Waals surface area contributed by atoms with Crippen LogP contribution in [0.15, 0.2) is 0 Å². The van der Waals surface area contributed by atoms with Crippen LogP contribution in [0.4, 0.5) is 0 Å². The van der Waals surface area contributed by atoms with Crippen LogP contribution in [-0.4, -0.2) is 49.7 Å². The van der Waals surface area contributed by atoms with Crippen molar-refractivity contribution < 1.29 is 9.53 Å². The van der Waals surface area contributed by atoms with Crippen molar-refractivity contribution in [1.82, 2.24) is 10.2 Å². The van der Waals surface area contributed by atoms with E-state index >= 15 is 0 Å². The fourth-order valence-electron chi connectivity index (χ4n) is 3.12. The summed E-state index contributed by atoms with van der Waals surface area (Å²) in [5.41, 5.74) is -0.0573. The van der Waals surface area contributed by atoms with Gasteiger partial charge in [0.05, 0.1) is 7.11 Å². The van der Waals surface area contributed by atoms with Gasteiger partial charge >= 0.3 is 5.97 Å². The average Bonchev–Trinajstić information content (AvgIpc) is 2.79. The number of ether oxygens (including phenoxy) is 1. The quantitative estimate of drug-likeness (QED) is 0.525. The van der Waals surface area contributed by atoms with E-state index in [4.69, 9.17) is 4.74 Å². The van der Waals surface area contributed by atoms with Crippen molar-refractivity contribution in [2.24, 2.45) is 5.41 Å². The van der Waals surface area contributed by atoms with Gasteiger partial charge in [-0.3, -0.25) is 4.79 Å². The normalized spacial score (nSPS) is 21.2. The minimum atomic E-state index is -0.533. The minimum absolute atomic E-state index is 0.141. The maximum atomic E-state index is 12.0. The zero-order valence-corrected chi connectivity index (χ0v) is 14.6. The first-order valence-electron chi connectivity index (χ1n) is 8.39. The highest BCUT2D eigenvalue weighted by Gasteiger charge is 2.33. The van der Waals surface area contributed by atoms with Gasteiger partial charge < -0.3 is 15.0 Å². The van der Waals surface area contributed by atoms with Gasteiger partial charge in [0.15, 0.2) is 0 Å². The molecule has 1 saturated heterocycles. The van der Waals surface area contributed by atoms with Crippen LogP contribution in [0.1, 0.15) is 59.8 Å². The molecule has 1 aliphatic rings. The maximum Gasteiger partial charge on any atom is 0.325 e. The lowest BCUT2D eigenvalue weighted by Crippen LogP contribution is -2.50. The van der Waals surface area contributed by atoms with Crippen molar-refractivity contribution in [3.05, 3.63) is 0 Å². The lowest BCUT2D eigenvalue weighted by atomic mass is 9.93. The molecule has 0 aromatic heterocycles. The zero-order chi connectivity index (χ0) is 15.9. The van der Waals surface area contributed by atoms with Gasteiger partial charge in [-0.1, -0.05) is 20.8 Å². The van der Waals surface area contributed by atoms with Crippen molar-refractivity contribution in [3.63, 3.8) is 0 Å². The molecule has 0 radical (unpaired) electrons. The van der Waals surface area contributed by atoms with Crippen LogP contribution >= 0.6 is 0 Å². The fourth-order valence-corrected chi connectivity index (χ4v) is 3.12. The van der Waals surface area contributed by atoms with E-state index in [2.05, 4.69) is 31.0 Å². The van der Waals surface area contributed by atoms with Crippen LogP contribution in [0, 0.1) is 5.41 Å². The van der Waals surface area contributed by atoms with Gasteiger partial charge in [-0.25, -0.2) is 0 Å². The topological polar surface area (TPSA) is 41.6 Å². The third kappa shape index (κ3) is 5.95. The maximum absolute atomic E-state index is 12.0.